The molecule has 1 aromatic carbocycles. The number of halogens is 1. The molecule has 9 nitrogen and oxygen atoms in total. The van der Waals surface area contributed by atoms with E-state index < -0.39 is 42.4 Å². The summed E-state index contributed by atoms with van der Waals surface area (Å²) >= 11 is 6.04. The highest BCUT2D eigenvalue weighted by Crippen LogP contribution is 2.28. The van der Waals surface area contributed by atoms with Gasteiger partial charge in [0.05, 0.1) is 25.4 Å². The Morgan fingerprint density at radius 3 is 2.52 bits per heavy atom. The maximum absolute atomic E-state index is 12.1. The van der Waals surface area contributed by atoms with Gasteiger partial charge in [-0.05, 0) is 11.6 Å². The average molecular weight is 399 g/mol. The molecule has 1 saturated heterocycles. The minimum atomic E-state index is -1.44. The molecule has 4 N–H and O–H groups in total. The number of rotatable bonds is 6. The van der Waals surface area contributed by atoms with Crippen molar-refractivity contribution < 1.29 is 24.8 Å². The molecule has 0 bridgehead atoms. The first-order chi connectivity index (χ1) is 12.9. The summed E-state index contributed by atoms with van der Waals surface area (Å²) in [6.45, 7) is -0.484. The molecule has 146 valence electrons. The number of aromatic nitrogens is 2. The second-order valence-corrected chi connectivity index (χ2v) is 6.54. The number of H-pyrrole nitrogens is 1. The fourth-order valence-corrected chi connectivity index (χ4v) is 3.01. The first-order valence-electron chi connectivity index (χ1n) is 8.20. The van der Waals surface area contributed by atoms with Crippen LogP contribution in [0.2, 0.25) is 5.02 Å². The van der Waals surface area contributed by atoms with Crippen molar-refractivity contribution in [2.24, 2.45) is 0 Å². The Bertz CT molecular complexity index is 913. The Morgan fingerprint density at radius 1 is 1.15 bits per heavy atom. The van der Waals surface area contributed by atoms with Crippen molar-refractivity contribution in [3.05, 3.63) is 67.4 Å². The Hall–Kier alpha value is -2.01. The zero-order chi connectivity index (χ0) is 19.6. The highest BCUT2D eigenvalue weighted by Gasteiger charge is 2.43. The monoisotopic (exact) mass is 398 g/mol. The molecular weight excluding hydrogens is 380 g/mol. The Kier molecular flexibility index (Phi) is 6.10. The molecule has 4 atom stereocenters. The first kappa shape index (κ1) is 19.7. The lowest BCUT2D eigenvalue weighted by atomic mass is 10.1. The standard InChI is InChI=1S/C17H19ClN2O7/c18-11-4-2-1-3-9(11)7-26-8-10-5-20(17(25)19-15(10)24)16-14(23)13(22)12(6-21)27-16/h1-5,12-14,16,21-23H,6-8H2,(H,19,24,25)/t12-,13-,14-,16+/m1/s1. The fourth-order valence-electron chi connectivity index (χ4n) is 2.82. The van der Waals surface area contributed by atoms with E-state index in [1.165, 1.54) is 6.20 Å². The van der Waals surface area contributed by atoms with Crippen molar-refractivity contribution in [2.45, 2.75) is 37.8 Å². The van der Waals surface area contributed by atoms with E-state index in [1.54, 1.807) is 24.3 Å². The lowest BCUT2D eigenvalue weighted by molar-refractivity contribution is -0.0553. The third-order valence-electron chi connectivity index (χ3n) is 4.31. The van der Waals surface area contributed by atoms with Crippen LogP contribution in [-0.4, -0.2) is 49.8 Å². The van der Waals surface area contributed by atoms with Gasteiger partial charge in [-0.1, -0.05) is 29.8 Å². The van der Waals surface area contributed by atoms with Gasteiger partial charge in [-0.2, -0.15) is 0 Å². The van der Waals surface area contributed by atoms with Crippen LogP contribution in [-0.2, 0) is 22.7 Å². The van der Waals surface area contributed by atoms with Crippen molar-refractivity contribution in [2.75, 3.05) is 6.61 Å². The van der Waals surface area contributed by atoms with Gasteiger partial charge in [-0.15, -0.1) is 0 Å². The van der Waals surface area contributed by atoms with Crippen LogP contribution in [0.5, 0.6) is 0 Å². The van der Waals surface area contributed by atoms with E-state index >= 15 is 0 Å². The van der Waals surface area contributed by atoms with E-state index in [2.05, 4.69) is 4.98 Å². The number of nitrogens with zero attached hydrogens (tertiary/aromatic N) is 1. The third-order valence-corrected chi connectivity index (χ3v) is 4.67. The molecule has 27 heavy (non-hydrogen) atoms. The highest BCUT2D eigenvalue weighted by atomic mass is 35.5. The Morgan fingerprint density at radius 2 is 1.85 bits per heavy atom. The summed E-state index contributed by atoms with van der Waals surface area (Å²) in [7, 11) is 0. The summed E-state index contributed by atoms with van der Waals surface area (Å²) in [5.41, 5.74) is -0.585. The van der Waals surface area contributed by atoms with Crippen molar-refractivity contribution in [1.29, 1.82) is 0 Å². The van der Waals surface area contributed by atoms with Gasteiger partial charge in [0.15, 0.2) is 6.23 Å². The minimum absolute atomic E-state index is 0.115. The van der Waals surface area contributed by atoms with Crippen LogP contribution in [0.15, 0.2) is 40.1 Å². The highest BCUT2D eigenvalue weighted by molar-refractivity contribution is 6.31. The summed E-state index contributed by atoms with van der Waals surface area (Å²) < 4.78 is 11.8. The van der Waals surface area contributed by atoms with Crippen LogP contribution in [0.4, 0.5) is 0 Å². The molecule has 0 radical (unpaired) electrons. The second kappa shape index (κ2) is 8.34. The molecule has 1 aromatic heterocycles. The molecule has 0 saturated carbocycles. The van der Waals surface area contributed by atoms with Crippen LogP contribution in [0, 0.1) is 0 Å². The molecule has 2 heterocycles. The van der Waals surface area contributed by atoms with E-state index in [0.717, 1.165) is 10.1 Å². The molecular formula is C17H19ClN2O7. The quantitative estimate of drug-likeness (QED) is 0.516. The smallest absolute Gasteiger partial charge is 0.330 e. The van der Waals surface area contributed by atoms with E-state index in [-0.39, 0.29) is 18.8 Å². The van der Waals surface area contributed by atoms with Crippen LogP contribution < -0.4 is 11.2 Å². The van der Waals surface area contributed by atoms with Gasteiger partial charge in [0, 0.05) is 11.2 Å². The SMILES string of the molecule is O=c1[nH]c(=O)n([C@H]2O[C@H](CO)[C@@H](O)[C@H]2O)cc1COCc1ccccc1Cl. The lowest BCUT2D eigenvalue weighted by Crippen LogP contribution is -2.39. The molecule has 1 aliphatic rings. The number of aliphatic hydroxyl groups excluding tert-OH is 3. The zero-order valence-electron chi connectivity index (χ0n) is 14.1. The number of benzene rings is 1. The Labute approximate surface area is 158 Å². The van der Waals surface area contributed by atoms with Crippen molar-refractivity contribution >= 4 is 11.6 Å². The van der Waals surface area contributed by atoms with Crippen LogP contribution in [0.25, 0.3) is 0 Å². The van der Waals surface area contributed by atoms with Gasteiger partial charge >= 0.3 is 5.69 Å². The van der Waals surface area contributed by atoms with Gasteiger partial charge in [0.25, 0.3) is 5.56 Å². The van der Waals surface area contributed by atoms with Crippen molar-refractivity contribution in [3.63, 3.8) is 0 Å². The Balaban J connectivity index is 1.77. The predicted molar refractivity (Wildman–Crippen MR) is 94.3 cm³/mol. The molecule has 1 fully saturated rings. The summed E-state index contributed by atoms with van der Waals surface area (Å²) in [5.74, 6) is 0. The van der Waals surface area contributed by atoms with Crippen LogP contribution >= 0.6 is 11.6 Å². The second-order valence-electron chi connectivity index (χ2n) is 6.13. The van der Waals surface area contributed by atoms with Gasteiger partial charge in [-0.25, -0.2) is 4.79 Å². The lowest BCUT2D eigenvalue weighted by Gasteiger charge is -2.18. The summed E-state index contributed by atoms with van der Waals surface area (Å²) in [4.78, 5) is 26.2. The maximum Gasteiger partial charge on any atom is 0.330 e. The van der Waals surface area contributed by atoms with E-state index in [1.807, 2.05) is 0 Å². The van der Waals surface area contributed by atoms with E-state index in [0.29, 0.717) is 5.02 Å². The maximum atomic E-state index is 12.1. The van der Waals surface area contributed by atoms with Crippen molar-refractivity contribution in [1.82, 2.24) is 9.55 Å². The number of hydrogen-bond donors (Lipinski definition) is 4. The fraction of sp³-hybridized carbons (Fsp3) is 0.412. The van der Waals surface area contributed by atoms with Crippen LogP contribution in [0.3, 0.4) is 0 Å². The number of nitrogens with one attached hydrogen (secondary N) is 1. The predicted octanol–water partition coefficient (Wildman–Crippen LogP) is -0.482. The molecule has 1 aliphatic heterocycles. The zero-order valence-corrected chi connectivity index (χ0v) is 14.9. The summed E-state index contributed by atoms with van der Waals surface area (Å²) in [6.07, 6.45) is -3.89. The molecule has 0 aliphatic carbocycles. The topological polar surface area (TPSA) is 134 Å². The number of aliphatic hydroxyl groups is 3. The molecule has 0 amide bonds. The van der Waals surface area contributed by atoms with Gasteiger partial charge < -0.3 is 24.8 Å². The number of ether oxygens (including phenoxy) is 2. The minimum Gasteiger partial charge on any atom is -0.394 e. The molecule has 2 aromatic rings. The van der Waals surface area contributed by atoms with Crippen molar-refractivity contribution in [3.8, 4) is 0 Å². The molecule has 10 heteroatoms. The molecule has 0 spiro atoms. The number of hydrogen-bond acceptors (Lipinski definition) is 7. The third kappa shape index (κ3) is 4.13. The molecule has 3 rings (SSSR count). The summed E-state index contributed by atoms with van der Waals surface area (Å²) in [5, 5.41) is 29.6. The van der Waals surface area contributed by atoms with E-state index in [4.69, 9.17) is 26.2 Å². The normalized spacial score (nSPS) is 25.0. The summed E-state index contributed by atoms with van der Waals surface area (Å²) in [6, 6.07) is 7.09. The van der Waals surface area contributed by atoms with Gasteiger partial charge in [0.2, 0.25) is 0 Å². The van der Waals surface area contributed by atoms with Crippen LogP contribution in [0.1, 0.15) is 17.4 Å². The van der Waals surface area contributed by atoms with Gasteiger partial charge in [-0.3, -0.25) is 14.3 Å². The van der Waals surface area contributed by atoms with Gasteiger partial charge in [0.1, 0.15) is 18.3 Å². The van der Waals surface area contributed by atoms with E-state index in [9.17, 15) is 19.8 Å². The largest absolute Gasteiger partial charge is 0.394 e. The average Bonchev–Trinajstić information content (AvgIpc) is 2.93. The molecule has 0 unspecified atom stereocenters. The first-order valence-corrected chi connectivity index (χ1v) is 8.58. The number of aromatic amines is 1.